The van der Waals surface area contributed by atoms with Gasteiger partial charge in [0.25, 0.3) is 5.91 Å². The summed E-state index contributed by atoms with van der Waals surface area (Å²) in [5, 5.41) is 14.9. The largest absolute Gasteiger partial charge is 0.493 e. The lowest BCUT2D eigenvalue weighted by Gasteiger charge is -2.34. The Balaban J connectivity index is 1.43. The van der Waals surface area contributed by atoms with Crippen molar-refractivity contribution in [1.29, 1.82) is 0 Å². The van der Waals surface area contributed by atoms with E-state index in [1.165, 1.54) is 12.4 Å². The zero-order chi connectivity index (χ0) is 28.6. The van der Waals surface area contributed by atoms with E-state index in [0.717, 1.165) is 25.0 Å². The number of nitrogens with one attached hydrogen (secondary N) is 3. The number of halogens is 3. The molecule has 0 spiro atoms. The van der Waals surface area contributed by atoms with Gasteiger partial charge in [-0.25, -0.2) is 9.97 Å². The summed E-state index contributed by atoms with van der Waals surface area (Å²) in [5.74, 6) is -0.00386. The van der Waals surface area contributed by atoms with E-state index in [0.29, 0.717) is 54.1 Å². The van der Waals surface area contributed by atoms with E-state index in [2.05, 4.69) is 25.6 Å². The summed E-state index contributed by atoms with van der Waals surface area (Å²) >= 11 is 0. The third-order valence-corrected chi connectivity index (χ3v) is 7.73. The monoisotopic (exact) mass is 559 g/mol. The Hall–Kier alpha value is -3.67. The Kier molecular flexibility index (Phi) is 7.72. The van der Waals surface area contributed by atoms with Gasteiger partial charge in [0, 0.05) is 23.3 Å². The maximum Gasteiger partial charge on any atom is 0.416 e. The standard InChI is InChI=1S/C28H32F3N5O4/c1-14-9-18(6-7-20(14)36-22(38)11-37)35-27(39)23-15(2)34-26-24(32-13-33-25(23)26)19-10-17(28(29,30)31)5-8-21(19)40-12-16-3-4-16/h5,8,10,13-14,16,18,20,34,37H,3-4,6-7,9,11-12H2,1-2H3,(H,35,39)(H,36,38)/t14-,18-,20+/m1/s1. The summed E-state index contributed by atoms with van der Waals surface area (Å²) < 4.78 is 46.8. The van der Waals surface area contributed by atoms with Crippen LogP contribution in [-0.4, -0.2) is 57.2 Å². The molecule has 5 rings (SSSR count). The third-order valence-electron chi connectivity index (χ3n) is 7.73. The van der Waals surface area contributed by atoms with Crippen molar-refractivity contribution in [2.75, 3.05) is 13.2 Å². The molecule has 4 N–H and O–H groups in total. The molecule has 0 unspecified atom stereocenters. The number of aryl methyl sites for hydroxylation is 1. The van der Waals surface area contributed by atoms with Crippen molar-refractivity contribution in [2.45, 2.75) is 64.2 Å². The first-order chi connectivity index (χ1) is 19.0. The highest BCUT2D eigenvalue weighted by atomic mass is 19.4. The van der Waals surface area contributed by atoms with Crippen LogP contribution in [-0.2, 0) is 11.0 Å². The van der Waals surface area contributed by atoms with Gasteiger partial charge < -0.3 is 25.5 Å². The van der Waals surface area contributed by atoms with Gasteiger partial charge in [0.05, 0.1) is 23.3 Å². The molecule has 2 fully saturated rings. The molecule has 2 saturated carbocycles. The highest BCUT2D eigenvalue weighted by Gasteiger charge is 2.33. The molecular formula is C28H32F3N5O4. The van der Waals surface area contributed by atoms with Crippen molar-refractivity contribution in [3.8, 4) is 17.0 Å². The van der Waals surface area contributed by atoms with Gasteiger partial charge in [-0.3, -0.25) is 9.59 Å². The first-order valence-electron chi connectivity index (χ1n) is 13.4. The molecule has 0 aliphatic heterocycles. The first kappa shape index (κ1) is 27.9. The summed E-state index contributed by atoms with van der Waals surface area (Å²) in [7, 11) is 0. The van der Waals surface area contributed by atoms with Crippen molar-refractivity contribution in [1.82, 2.24) is 25.6 Å². The molecule has 9 nitrogen and oxygen atoms in total. The molecule has 2 aromatic heterocycles. The van der Waals surface area contributed by atoms with Crippen LogP contribution in [0.25, 0.3) is 22.3 Å². The quantitative estimate of drug-likeness (QED) is 0.328. The lowest BCUT2D eigenvalue weighted by atomic mass is 9.82. The highest BCUT2D eigenvalue weighted by Crippen LogP contribution is 2.40. The van der Waals surface area contributed by atoms with E-state index in [-0.39, 0.29) is 40.9 Å². The number of nitrogens with zero attached hydrogens (tertiary/aromatic N) is 2. The SMILES string of the molecule is Cc1[nH]c2c(-c3cc(C(F)(F)F)ccc3OCC3CC3)ncnc2c1C(=O)N[C@@H]1CC[C@H](NC(=O)CO)[C@H](C)C1. The van der Waals surface area contributed by atoms with Gasteiger partial charge in [-0.05, 0) is 69.1 Å². The van der Waals surface area contributed by atoms with E-state index in [9.17, 15) is 22.8 Å². The molecule has 12 heteroatoms. The van der Waals surface area contributed by atoms with E-state index in [4.69, 9.17) is 9.84 Å². The Morgan fingerprint density at radius 2 is 1.93 bits per heavy atom. The normalized spacial score (nSPS) is 21.3. The summed E-state index contributed by atoms with van der Waals surface area (Å²) in [5.41, 5.74) is 1.04. The topological polar surface area (TPSA) is 129 Å². The van der Waals surface area contributed by atoms with Gasteiger partial charge in [-0.1, -0.05) is 6.92 Å². The number of carbonyl (C=O) groups excluding carboxylic acids is 2. The molecule has 2 heterocycles. The molecule has 0 bridgehead atoms. The van der Waals surface area contributed by atoms with Gasteiger partial charge in [0.15, 0.2) is 0 Å². The average Bonchev–Trinajstić information content (AvgIpc) is 3.67. The van der Waals surface area contributed by atoms with Gasteiger partial charge in [0.2, 0.25) is 5.91 Å². The molecular weight excluding hydrogens is 527 g/mol. The zero-order valence-corrected chi connectivity index (χ0v) is 22.3. The van der Waals surface area contributed by atoms with Crippen molar-refractivity contribution < 1.29 is 32.6 Å². The minimum atomic E-state index is -4.55. The molecule has 1 aromatic carbocycles. The smallest absolute Gasteiger partial charge is 0.416 e. The second kappa shape index (κ2) is 11.1. The molecule has 2 aliphatic carbocycles. The predicted octanol–water partition coefficient (Wildman–Crippen LogP) is 4.14. The maximum absolute atomic E-state index is 13.6. The number of aromatic nitrogens is 3. The predicted molar refractivity (Wildman–Crippen MR) is 141 cm³/mol. The van der Waals surface area contributed by atoms with Crippen molar-refractivity contribution in [3.05, 3.63) is 41.3 Å². The summed E-state index contributed by atoms with van der Waals surface area (Å²) in [4.78, 5) is 36.8. The van der Waals surface area contributed by atoms with E-state index >= 15 is 0 Å². The van der Waals surface area contributed by atoms with Crippen LogP contribution in [0.15, 0.2) is 24.5 Å². The fourth-order valence-electron chi connectivity index (χ4n) is 5.36. The van der Waals surface area contributed by atoms with Crippen molar-refractivity contribution in [3.63, 3.8) is 0 Å². The zero-order valence-electron chi connectivity index (χ0n) is 22.3. The number of benzene rings is 1. The van der Waals surface area contributed by atoms with E-state index in [1.54, 1.807) is 6.92 Å². The third kappa shape index (κ3) is 5.91. The number of alkyl halides is 3. The van der Waals surface area contributed by atoms with Gasteiger partial charge >= 0.3 is 6.18 Å². The number of amides is 2. The molecule has 3 aromatic rings. The van der Waals surface area contributed by atoms with Crippen LogP contribution in [0.4, 0.5) is 13.2 Å². The van der Waals surface area contributed by atoms with E-state index in [1.807, 2.05) is 6.92 Å². The molecule has 0 saturated heterocycles. The number of carbonyl (C=O) groups is 2. The number of H-pyrrole nitrogens is 1. The lowest BCUT2D eigenvalue weighted by Crippen LogP contribution is -2.48. The fraction of sp³-hybridized carbons (Fsp3) is 0.500. The highest BCUT2D eigenvalue weighted by molar-refractivity contribution is 6.09. The number of hydrogen-bond donors (Lipinski definition) is 4. The molecule has 3 atom stereocenters. The number of ether oxygens (including phenoxy) is 1. The van der Waals surface area contributed by atoms with Crippen LogP contribution in [0.1, 0.15) is 60.6 Å². The Morgan fingerprint density at radius 3 is 2.60 bits per heavy atom. The molecule has 2 amide bonds. The van der Waals surface area contributed by atoms with Crippen LogP contribution >= 0.6 is 0 Å². The maximum atomic E-state index is 13.6. The van der Waals surface area contributed by atoms with Crippen LogP contribution < -0.4 is 15.4 Å². The molecule has 0 radical (unpaired) electrons. The van der Waals surface area contributed by atoms with Crippen LogP contribution in [0.5, 0.6) is 5.75 Å². The summed E-state index contributed by atoms with van der Waals surface area (Å²) in [6, 6.07) is 3.12. The number of aliphatic hydroxyl groups excluding tert-OH is 1. The number of hydrogen-bond acceptors (Lipinski definition) is 6. The molecule has 40 heavy (non-hydrogen) atoms. The van der Waals surface area contributed by atoms with Gasteiger partial charge in [-0.2, -0.15) is 13.2 Å². The fourth-order valence-corrected chi connectivity index (χ4v) is 5.36. The Labute approximate surface area is 228 Å². The Morgan fingerprint density at radius 1 is 1.15 bits per heavy atom. The average molecular weight is 560 g/mol. The number of rotatable bonds is 8. The van der Waals surface area contributed by atoms with Crippen LogP contribution in [0, 0.1) is 18.8 Å². The second-order valence-electron chi connectivity index (χ2n) is 10.8. The van der Waals surface area contributed by atoms with Gasteiger partial charge in [0.1, 0.15) is 29.9 Å². The first-order valence-corrected chi connectivity index (χ1v) is 13.4. The minimum Gasteiger partial charge on any atom is -0.493 e. The second-order valence-corrected chi connectivity index (χ2v) is 10.8. The lowest BCUT2D eigenvalue weighted by molar-refractivity contribution is -0.137. The molecule has 214 valence electrons. The summed E-state index contributed by atoms with van der Waals surface area (Å²) in [6.45, 7) is 3.53. The van der Waals surface area contributed by atoms with Crippen LogP contribution in [0.3, 0.4) is 0 Å². The number of aliphatic hydroxyl groups is 1. The number of fused-ring (bicyclic) bond motifs is 1. The van der Waals surface area contributed by atoms with Gasteiger partial charge in [-0.15, -0.1) is 0 Å². The Bertz CT molecular complexity index is 1420. The summed E-state index contributed by atoms with van der Waals surface area (Å²) in [6.07, 6.45) is 0.666. The van der Waals surface area contributed by atoms with Crippen molar-refractivity contribution in [2.24, 2.45) is 11.8 Å². The number of aromatic amines is 1. The molecule has 2 aliphatic rings. The van der Waals surface area contributed by atoms with E-state index < -0.39 is 24.3 Å². The minimum absolute atomic E-state index is 0.0817. The van der Waals surface area contributed by atoms with Crippen LogP contribution in [0.2, 0.25) is 0 Å². The van der Waals surface area contributed by atoms with Crippen molar-refractivity contribution >= 4 is 22.8 Å².